The summed E-state index contributed by atoms with van der Waals surface area (Å²) in [4.78, 5) is 19.3. The highest BCUT2D eigenvalue weighted by molar-refractivity contribution is 5.76. The SMILES string of the molecule is Nc1ncc(-c2cc3n(n2)CC[C@@]32CCN(C(=O)NC3(c4ccccc4)CCCCC3)C2)cc1C(F)(F)F. The van der Waals surface area contributed by atoms with Crippen LogP contribution in [0.5, 0.6) is 0 Å². The minimum atomic E-state index is -4.59. The molecule has 2 aliphatic heterocycles. The molecule has 2 amide bonds. The molecule has 200 valence electrons. The number of nitrogens with zero attached hydrogens (tertiary/aromatic N) is 4. The van der Waals surface area contributed by atoms with Crippen molar-refractivity contribution in [1.82, 2.24) is 25.0 Å². The Morgan fingerprint density at radius 3 is 2.47 bits per heavy atom. The summed E-state index contributed by atoms with van der Waals surface area (Å²) in [5, 5.41) is 8.01. The van der Waals surface area contributed by atoms with Crippen molar-refractivity contribution >= 4 is 11.8 Å². The number of fused-ring (bicyclic) bond motifs is 2. The van der Waals surface area contributed by atoms with Gasteiger partial charge in [-0.3, -0.25) is 4.68 Å². The van der Waals surface area contributed by atoms with Crippen LogP contribution in [-0.4, -0.2) is 38.8 Å². The summed E-state index contributed by atoms with van der Waals surface area (Å²) in [7, 11) is 0. The maximum absolute atomic E-state index is 13.6. The molecule has 1 atom stereocenters. The fourth-order valence-corrected chi connectivity index (χ4v) is 6.59. The second-order valence-corrected chi connectivity index (χ2v) is 10.9. The van der Waals surface area contributed by atoms with Crippen LogP contribution in [0, 0.1) is 0 Å². The van der Waals surface area contributed by atoms with Crippen molar-refractivity contribution in [2.45, 2.75) is 68.6 Å². The molecule has 0 bridgehead atoms. The van der Waals surface area contributed by atoms with Crippen LogP contribution in [0.1, 0.15) is 61.8 Å². The maximum atomic E-state index is 13.6. The number of aryl methyl sites for hydroxylation is 1. The van der Waals surface area contributed by atoms with Gasteiger partial charge in [-0.05, 0) is 43.4 Å². The van der Waals surface area contributed by atoms with E-state index in [4.69, 9.17) is 5.73 Å². The molecular formula is C28H31F3N6O. The molecule has 38 heavy (non-hydrogen) atoms. The number of carbonyl (C=O) groups is 1. The van der Waals surface area contributed by atoms with E-state index in [1.807, 2.05) is 33.8 Å². The zero-order chi connectivity index (χ0) is 26.5. The van der Waals surface area contributed by atoms with Gasteiger partial charge in [0.15, 0.2) is 0 Å². The lowest BCUT2D eigenvalue weighted by Gasteiger charge is -2.40. The van der Waals surface area contributed by atoms with E-state index < -0.39 is 17.6 Å². The fraction of sp³-hybridized carbons (Fsp3) is 0.464. The third-order valence-corrected chi connectivity index (χ3v) is 8.67. The number of likely N-dealkylation sites (tertiary alicyclic amines) is 1. The fourth-order valence-electron chi connectivity index (χ4n) is 6.59. The Kier molecular flexibility index (Phi) is 5.88. The molecule has 10 heteroatoms. The lowest BCUT2D eigenvalue weighted by Crippen LogP contribution is -2.52. The number of halogens is 3. The van der Waals surface area contributed by atoms with Crippen molar-refractivity contribution in [1.29, 1.82) is 0 Å². The van der Waals surface area contributed by atoms with Gasteiger partial charge in [-0.25, -0.2) is 9.78 Å². The smallest absolute Gasteiger partial charge is 0.383 e. The number of nitrogen functional groups attached to an aromatic ring is 1. The number of nitrogens with two attached hydrogens (primary N) is 1. The Hall–Kier alpha value is -3.56. The van der Waals surface area contributed by atoms with Crippen molar-refractivity contribution < 1.29 is 18.0 Å². The summed E-state index contributed by atoms with van der Waals surface area (Å²) in [6, 6.07) is 13.1. The average Bonchev–Trinajstić information content (AvgIpc) is 3.62. The molecule has 1 spiro atoms. The zero-order valence-electron chi connectivity index (χ0n) is 21.1. The van der Waals surface area contributed by atoms with Gasteiger partial charge in [0.25, 0.3) is 0 Å². The van der Waals surface area contributed by atoms with Crippen molar-refractivity contribution in [3.8, 4) is 11.3 Å². The highest BCUT2D eigenvalue weighted by Crippen LogP contribution is 2.45. The number of amides is 2. The number of aromatic nitrogens is 3. The van der Waals surface area contributed by atoms with E-state index in [2.05, 4.69) is 27.5 Å². The molecule has 3 aliphatic rings. The number of alkyl halides is 3. The van der Waals surface area contributed by atoms with Crippen LogP contribution in [0.2, 0.25) is 0 Å². The summed E-state index contributed by atoms with van der Waals surface area (Å²) < 4.78 is 42.0. The lowest BCUT2D eigenvalue weighted by molar-refractivity contribution is -0.137. The van der Waals surface area contributed by atoms with Gasteiger partial charge in [-0.15, -0.1) is 0 Å². The Morgan fingerprint density at radius 2 is 1.74 bits per heavy atom. The van der Waals surface area contributed by atoms with E-state index in [-0.39, 0.29) is 22.5 Å². The molecule has 2 aromatic heterocycles. The minimum Gasteiger partial charge on any atom is -0.383 e. The van der Waals surface area contributed by atoms with E-state index in [0.29, 0.717) is 25.3 Å². The molecule has 1 saturated heterocycles. The standard InChI is InChI=1S/C28H31F3N6O/c29-28(30,31)21-15-19(17-33-24(21)32)22-16-23-26(12-14-37(23)35-22)11-13-36(18-26)25(38)34-27(9-5-2-6-10-27)20-7-3-1-4-8-20/h1,3-4,7-8,15-17H,2,5-6,9-14,18H2,(H2,32,33)(H,34,38)/t26-/m1/s1. The number of benzene rings is 1. The summed E-state index contributed by atoms with van der Waals surface area (Å²) in [6.07, 6.45) is 3.56. The van der Waals surface area contributed by atoms with Gasteiger partial charge in [0, 0.05) is 42.5 Å². The van der Waals surface area contributed by atoms with E-state index in [0.717, 1.165) is 55.8 Å². The number of pyridine rings is 1. The quantitative estimate of drug-likeness (QED) is 0.476. The van der Waals surface area contributed by atoms with E-state index in [9.17, 15) is 18.0 Å². The van der Waals surface area contributed by atoms with Gasteiger partial charge in [0.05, 0.1) is 16.8 Å². The molecule has 3 N–H and O–H groups in total. The molecule has 4 heterocycles. The van der Waals surface area contributed by atoms with Gasteiger partial charge < -0.3 is 16.0 Å². The summed E-state index contributed by atoms with van der Waals surface area (Å²) in [5.74, 6) is -0.548. The Morgan fingerprint density at radius 1 is 1.00 bits per heavy atom. The zero-order valence-corrected chi connectivity index (χ0v) is 21.1. The van der Waals surface area contributed by atoms with Crippen LogP contribution in [0.25, 0.3) is 11.3 Å². The molecule has 7 nitrogen and oxygen atoms in total. The van der Waals surface area contributed by atoms with Crippen LogP contribution in [-0.2, 0) is 23.7 Å². The summed E-state index contributed by atoms with van der Waals surface area (Å²) in [6.45, 7) is 1.84. The molecule has 0 unspecified atom stereocenters. The highest BCUT2D eigenvalue weighted by Gasteiger charge is 2.48. The van der Waals surface area contributed by atoms with Crippen LogP contribution < -0.4 is 11.1 Å². The number of hydrogen-bond donors (Lipinski definition) is 2. The van der Waals surface area contributed by atoms with Crippen LogP contribution >= 0.6 is 0 Å². The lowest BCUT2D eigenvalue weighted by atomic mass is 9.76. The molecule has 1 aliphatic carbocycles. The van der Waals surface area contributed by atoms with E-state index in [1.165, 1.54) is 12.6 Å². The second kappa shape index (κ2) is 9.03. The molecule has 1 saturated carbocycles. The van der Waals surface area contributed by atoms with Crippen molar-refractivity contribution in [3.63, 3.8) is 0 Å². The molecule has 0 radical (unpaired) electrons. The maximum Gasteiger partial charge on any atom is 0.419 e. The number of hydrogen-bond acceptors (Lipinski definition) is 4. The van der Waals surface area contributed by atoms with Crippen LogP contribution in [0.3, 0.4) is 0 Å². The number of nitrogens with one attached hydrogen (secondary N) is 1. The molecule has 2 fully saturated rings. The van der Waals surface area contributed by atoms with Gasteiger partial charge in [-0.1, -0.05) is 49.6 Å². The predicted molar refractivity (Wildman–Crippen MR) is 137 cm³/mol. The molecule has 1 aromatic carbocycles. The first-order valence-corrected chi connectivity index (χ1v) is 13.2. The first-order chi connectivity index (χ1) is 18.2. The summed E-state index contributed by atoms with van der Waals surface area (Å²) >= 11 is 0. The van der Waals surface area contributed by atoms with Crippen LogP contribution in [0.4, 0.5) is 23.8 Å². The first-order valence-electron chi connectivity index (χ1n) is 13.2. The van der Waals surface area contributed by atoms with Crippen molar-refractivity contribution in [3.05, 3.63) is 65.5 Å². The Balaban J connectivity index is 1.23. The predicted octanol–water partition coefficient (Wildman–Crippen LogP) is 5.46. The van der Waals surface area contributed by atoms with E-state index >= 15 is 0 Å². The Labute approximate surface area is 219 Å². The number of carbonyl (C=O) groups excluding carboxylic acids is 1. The number of rotatable bonds is 3. The van der Waals surface area contributed by atoms with Crippen LogP contribution in [0.15, 0.2) is 48.7 Å². The molecular weight excluding hydrogens is 493 g/mol. The normalized spacial score (nSPS) is 22.6. The van der Waals surface area contributed by atoms with Gasteiger partial charge in [0.1, 0.15) is 5.82 Å². The van der Waals surface area contributed by atoms with Gasteiger partial charge in [0.2, 0.25) is 0 Å². The molecule has 3 aromatic rings. The number of urea groups is 1. The second-order valence-electron chi connectivity index (χ2n) is 10.9. The van der Waals surface area contributed by atoms with Crippen molar-refractivity contribution in [2.24, 2.45) is 0 Å². The Bertz CT molecular complexity index is 1350. The third-order valence-electron chi connectivity index (χ3n) is 8.67. The van der Waals surface area contributed by atoms with E-state index in [1.54, 1.807) is 0 Å². The molecule has 6 rings (SSSR count). The number of anilines is 1. The first kappa shape index (κ1) is 24.8. The highest BCUT2D eigenvalue weighted by atomic mass is 19.4. The van der Waals surface area contributed by atoms with Gasteiger partial charge in [-0.2, -0.15) is 18.3 Å². The van der Waals surface area contributed by atoms with Gasteiger partial charge >= 0.3 is 12.2 Å². The monoisotopic (exact) mass is 524 g/mol. The topological polar surface area (TPSA) is 89.1 Å². The third kappa shape index (κ3) is 4.19. The van der Waals surface area contributed by atoms with Crippen molar-refractivity contribution in [2.75, 3.05) is 18.8 Å². The summed E-state index contributed by atoms with van der Waals surface area (Å²) in [5.41, 5.74) is 6.73. The average molecular weight is 525 g/mol. The largest absolute Gasteiger partial charge is 0.419 e. The minimum absolute atomic E-state index is 0.0524.